The zero-order chi connectivity index (χ0) is 16.0. The second-order valence-electron chi connectivity index (χ2n) is 5.71. The number of unbranched alkanes of at least 4 members (excludes halogenated alkanes) is 1. The average Bonchev–Trinajstić information content (AvgIpc) is 2.46. The van der Waals surface area contributed by atoms with Crippen LogP contribution >= 0.6 is 0 Å². The van der Waals surface area contributed by atoms with Gasteiger partial charge in [0.15, 0.2) is 0 Å². The van der Waals surface area contributed by atoms with Crippen LogP contribution < -0.4 is 5.32 Å². The minimum Gasteiger partial charge on any atom is -0.394 e. The Hall–Kier alpha value is -0.570. The normalized spacial score (nSPS) is 34.7. The molecule has 0 saturated carbocycles. The van der Waals surface area contributed by atoms with Crippen molar-refractivity contribution in [3.8, 4) is 0 Å². The first-order valence-electron chi connectivity index (χ1n) is 7.42. The number of aliphatic hydroxyl groups excluding tert-OH is 4. The van der Waals surface area contributed by atoms with Crippen LogP contribution in [0.3, 0.4) is 0 Å². The topological polar surface area (TPSA) is 119 Å². The van der Waals surface area contributed by atoms with E-state index < -0.39 is 37.3 Å². The Labute approximate surface area is 124 Å². The van der Waals surface area contributed by atoms with Crippen LogP contribution in [0.25, 0.3) is 0 Å². The fourth-order valence-electron chi connectivity index (χ4n) is 2.29. The maximum atomic E-state index is 11.1. The van der Waals surface area contributed by atoms with Gasteiger partial charge in [-0.25, -0.2) is 0 Å². The Bertz CT molecular complexity index is 325. The molecule has 0 spiro atoms. The van der Waals surface area contributed by atoms with Gasteiger partial charge in [-0.1, -0.05) is 13.3 Å². The summed E-state index contributed by atoms with van der Waals surface area (Å²) in [6, 6.07) is 0. The van der Waals surface area contributed by atoms with Gasteiger partial charge in [-0.2, -0.15) is 0 Å². The van der Waals surface area contributed by atoms with E-state index in [1.165, 1.54) is 0 Å². The molecule has 1 aliphatic heterocycles. The molecule has 1 heterocycles. The monoisotopic (exact) mass is 305 g/mol. The Kier molecular flexibility index (Phi) is 7.72. The van der Waals surface area contributed by atoms with Gasteiger partial charge in [-0.3, -0.25) is 10.1 Å². The van der Waals surface area contributed by atoms with Crippen LogP contribution in [-0.4, -0.2) is 70.0 Å². The van der Waals surface area contributed by atoms with Gasteiger partial charge in [-0.15, -0.1) is 0 Å². The summed E-state index contributed by atoms with van der Waals surface area (Å²) < 4.78 is 5.32. The number of carbonyl (C=O) groups is 1. The molecule has 0 bridgehead atoms. The highest BCUT2D eigenvalue weighted by Crippen LogP contribution is 2.19. The first-order valence-corrected chi connectivity index (χ1v) is 7.42. The van der Waals surface area contributed by atoms with Crippen LogP contribution in [-0.2, 0) is 9.53 Å². The predicted molar refractivity (Wildman–Crippen MR) is 75.5 cm³/mol. The van der Waals surface area contributed by atoms with Crippen molar-refractivity contribution in [2.75, 3.05) is 13.2 Å². The van der Waals surface area contributed by atoms with Crippen LogP contribution in [0.1, 0.15) is 33.1 Å². The van der Waals surface area contributed by atoms with Crippen molar-refractivity contribution < 1.29 is 30.0 Å². The third kappa shape index (κ3) is 5.28. The minimum absolute atomic E-state index is 0.0530. The summed E-state index contributed by atoms with van der Waals surface area (Å²) in [6.07, 6.45) is -3.18. The summed E-state index contributed by atoms with van der Waals surface area (Å²) >= 11 is 0. The molecular weight excluding hydrogens is 278 g/mol. The van der Waals surface area contributed by atoms with Crippen LogP contribution in [0.15, 0.2) is 0 Å². The lowest BCUT2D eigenvalue weighted by Gasteiger charge is -2.40. The van der Waals surface area contributed by atoms with Gasteiger partial charge < -0.3 is 25.2 Å². The van der Waals surface area contributed by atoms with Crippen molar-refractivity contribution in [2.24, 2.45) is 5.92 Å². The third-order valence-electron chi connectivity index (χ3n) is 4.00. The number of carbonyl (C=O) groups excluding carboxylic acids is 1. The lowest BCUT2D eigenvalue weighted by atomic mass is 9.98. The Morgan fingerprint density at radius 3 is 2.43 bits per heavy atom. The minimum atomic E-state index is -1.36. The summed E-state index contributed by atoms with van der Waals surface area (Å²) in [4.78, 5) is 11.1. The number of ether oxygens (including phenoxy) is 1. The standard InChI is InChI=1S/C14H27NO6/c1-8(9(2)17)5-3-4-6-15-14-13(20)12(19)11(18)10(7-16)21-14/h8,10-16,18-20H,3-7H2,1-2H3/t8-,10?,11?,12?,13?,14?/m0/s1. The molecule has 1 saturated heterocycles. The number of Topliss-reactive ketones (excluding diaryl/α,β-unsaturated/α-hetero) is 1. The molecule has 124 valence electrons. The van der Waals surface area contributed by atoms with E-state index in [4.69, 9.17) is 9.84 Å². The van der Waals surface area contributed by atoms with Crippen LogP contribution in [0, 0.1) is 5.92 Å². The number of hydrogen-bond donors (Lipinski definition) is 5. The van der Waals surface area contributed by atoms with Crippen LogP contribution in [0.4, 0.5) is 0 Å². The molecule has 7 nitrogen and oxygen atoms in total. The third-order valence-corrected chi connectivity index (χ3v) is 4.00. The second kappa shape index (κ2) is 8.77. The molecular formula is C14H27NO6. The highest BCUT2D eigenvalue weighted by atomic mass is 16.6. The van der Waals surface area contributed by atoms with E-state index in [2.05, 4.69) is 5.32 Å². The van der Waals surface area contributed by atoms with Gasteiger partial charge in [-0.05, 0) is 26.3 Å². The molecule has 0 aromatic rings. The first kappa shape index (κ1) is 18.5. The highest BCUT2D eigenvalue weighted by molar-refractivity contribution is 5.77. The molecule has 0 aliphatic carbocycles. The fourth-order valence-corrected chi connectivity index (χ4v) is 2.29. The molecule has 0 aromatic heterocycles. The molecule has 7 heteroatoms. The van der Waals surface area contributed by atoms with E-state index >= 15 is 0 Å². The summed E-state index contributed by atoms with van der Waals surface area (Å²) in [7, 11) is 0. The lowest BCUT2D eigenvalue weighted by Crippen LogP contribution is -2.62. The smallest absolute Gasteiger partial charge is 0.137 e. The molecule has 1 rings (SSSR count). The van der Waals surface area contributed by atoms with Gasteiger partial charge in [0.05, 0.1) is 6.61 Å². The Morgan fingerprint density at radius 2 is 1.86 bits per heavy atom. The number of hydrogen-bond acceptors (Lipinski definition) is 7. The van der Waals surface area contributed by atoms with Gasteiger partial charge in [0.1, 0.15) is 36.4 Å². The number of rotatable bonds is 8. The molecule has 5 unspecified atom stereocenters. The molecule has 21 heavy (non-hydrogen) atoms. The van der Waals surface area contributed by atoms with Crippen molar-refractivity contribution in [2.45, 2.75) is 63.8 Å². The Balaban J connectivity index is 2.29. The molecule has 0 aromatic carbocycles. The Morgan fingerprint density at radius 1 is 1.19 bits per heavy atom. The van der Waals surface area contributed by atoms with E-state index in [-0.39, 0.29) is 11.7 Å². The van der Waals surface area contributed by atoms with Crippen LogP contribution in [0.5, 0.6) is 0 Å². The van der Waals surface area contributed by atoms with Crippen molar-refractivity contribution in [3.05, 3.63) is 0 Å². The number of nitrogens with one attached hydrogen (secondary N) is 1. The number of ketones is 1. The van der Waals surface area contributed by atoms with Crippen molar-refractivity contribution in [3.63, 3.8) is 0 Å². The lowest BCUT2D eigenvalue weighted by molar-refractivity contribution is -0.236. The van der Waals surface area contributed by atoms with E-state index in [1.807, 2.05) is 6.92 Å². The summed E-state index contributed by atoms with van der Waals surface area (Å²) in [5, 5.41) is 41.1. The first-order chi connectivity index (χ1) is 9.88. The maximum Gasteiger partial charge on any atom is 0.137 e. The molecule has 0 radical (unpaired) electrons. The van der Waals surface area contributed by atoms with E-state index in [1.54, 1.807) is 6.92 Å². The summed E-state index contributed by atoms with van der Waals surface area (Å²) in [5.74, 6) is 0.231. The van der Waals surface area contributed by atoms with Crippen LogP contribution in [0.2, 0.25) is 0 Å². The van der Waals surface area contributed by atoms with E-state index in [9.17, 15) is 20.1 Å². The zero-order valence-corrected chi connectivity index (χ0v) is 12.6. The molecule has 1 fully saturated rings. The predicted octanol–water partition coefficient (Wildman–Crippen LogP) is -1.23. The van der Waals surface area contributed by atoms with Crippen molar-refractivity contribution in [1.82, 2.24) is 5.32 Å². The van der Waals surface area contributed by atoms with Gasteiger partial charge in [0, 0.05) is 5.92 Å². The molecule has 0 amide bonds. The quantitative estimate of drug-likeness (QED) is 0.356. The van der Waals surface area contributed by atoms with Crippen molar-refractivity contribution >= 4 is 5.78 Å². The molecule has 6 atom stereocenters. The maximum absolute atomic E-state index is 11.1. The molecule has 1 aliphatic rings. The SMILES string of the molecule is CC(=O)[C@@H](C)CCCCNC1OC(CO)C(O)C(O)C1O. The average molecular weight is 305 g/mol. The van der Waals surface area contributed by atoms with Gasteiger partial charge >= 0.3 is 0 Å². The second-order valence-corrected chi connectivity index (χ2v) is 5.71. The van der Waals surface area contributed by atoms with Gasteiger partial charge in [0.25, 0.3) is 0 Å². The van der Waals surface area contributed by atoms with Crippen molar-refractivity contribution in [1.29, 1.82) is 0 Å². The zero-order valence-electron chi connectivity index (χ0n) is 12.6. The summed E-state index contributed by atoms with van der Waals surface area (Å²) in [5.41, 5.74) is 0. The fraction of sp³-hybridized carbons (Fsp3) is 0.929. The number of aliphatic hydroxyl groups is 4. The largest absolute Gasteiger partial charge is 0.394 e. The summed E-state index contributed by atoms with van der Waals surface area (Å²) in [6.45, 7) is 3.59. The van der Waals surface area contributed by atoms with E-state index in [0.29, 0.717) is 6.54 Å². The van der Waals surface area contributed by atoms with Gasteiger partial charge in [0.2, 0.25) is 0 Å². The van der Waals surface area contributed by atoms with E-state index in [0.717, 1.165) is 19.3 Å². The highest BCUT2D eigenvalue weighted by Gasteiger charge is 2.42. The molecule has 5 N–H and O–H groups in total.